The van der Waals surface area contributed by atoms with Crippen molar-refractivity contribution in [2.24, 2.45) is 5.92 Å². The molecule has 1 atom stereocenters. The zero-order chi connectivity index (χ0) is 55.5. The van der Waals surface area contributed by atoms with Gasteiger partial charge in [0.15, 0.2) is 0 Å². The molecule has 0 radical (unpaired) electrons. The fourth-order valence-electron chi connectivity index (χ4n) is 11.9. The zero-order valence-corrected chi connectivity index (χ0v) is 53.3. The van der Waals surface area contributed by atoms with Crippen molar-refractivity contribution in [3.05, 3.63) is 12.3 Å². The van der Waals surface area contributed by atoms with Crippen molar-refractivity contribution in [1.82, 2.24) is 9.80 Å². The molecule has 0 spiro atoms. The van der Waals surface area contributed by atoms with E-state index in [1.54, 1.807) is 0 Å². The van der Waals surface area contributed by atoms with Gasteiger partial charge in [-0.1, -0.05) is 305 Å². The largest absolute Gasteiger partial charge is 0.495 e. The minimum absolute atomic E-state index is 0.297. The van der Waals surface area contributed by atoms with Gasteiger partial charge in [-0.3, -0.25) is 4.79 Å². The van der Waals surface area contributed by atoms with Gasteiger partial charge in [-0.25, -0.2) is 0 Å². The summed E-state index contributed by atoms with van der Waals surface area (Å²) < 4.78 is 6.59. The van der Waals surface area contributed by atoms with E-state index >= 15 is 0 Å². The number of carbonyl (C=O) groups is 1. The van der Waals surface area contributed by atoms with Crippen LogP contribution in [0.1, 0.15) is 382 Å². The molecule has 0 aromatic heterocycles. The summed E-state index contributed by atoms with van der Waals surface area (Å²) in [6.45, 7) is 24.3. The molecule has 1 N–H and O–H groups in total. The fourth-order valence-corrected chi connectivity index (χ4v) is 11.9. The molecule has 0 heterocycles. The number of ether oxygens (including phenoxy) is 1. The van der Waals surface area contributed by atoms with Crippen LogP contribution in [0.15, 0.2) is 12.3 Å². The van der Waals surface area contributed by atoms with Crippen LogP contribution in [0, 0.1) is 5.92 Å². The molecule has 0 saturated heterocycles. The number of nitrogens with zero attached hydrogens (tertiary/aromatic N) is 2. The van der Waals surface area contributed by atoms with Crippen LogP contribution in [-0.2, 0) is 9.53 Å². The third-order valence-electron chi connectivity index (χ3n) is 17.0. The molecule has 0 saturated carbocycles. The second kappa shape index (κ2) is 61.7. The Hall–Kier alpha value is -0.910. The van der Waals surface area contributed by atoms with Gasteiger partial charge in [0.05, 0.1) is 18.0 Å². The molecular weight excluding hydrogens is 929 g/mol. The lowest BCUT2D eigenvalue weighted by molar-refractivity contribution is -0.120. The van der Waals surface area contributed by atoms with E-state index in [4.69, 9.17) is 4.74 Å². The Bertz CT molecular complexity index is 1030. The zero-order valence-electron chi connectivity index (χ0n) is 53.3. The Morgan fingerprint density at radius 1 is 0.355 bits per heavy atom. The minimum Gasteiger partial charge on any atom is -0.495 e. The van der Waals surface area contributed by atoms with E-state index in [-0.39, 0.29) is 6.10 Å². The number of hydrogen-bond acceptors (Lipinski definition) is 5. The molecule has 1 unspecified atom stereocenters. The van der Waals surface area contributed by atoms with Crippen molar-refractivity contribution < 1.29 is 14.6 Å². The summed E-state index contributed by atoms with van der Waals surface area (Å²) in [5.74, 6) is 2.19. The molecule has 76 heavy (non-hydrogen) atoms. The van der Waals surface area contributed by atoms with E-state index in [0.717, 1.165) is 70.7 Å². The van der Waals surface area contributed by atoms with Crippen molar-refractivity contribution in [3.8, 4) is 0 Å². The van der Waals surface area contributed by atoms with E-state index in [1.807, 2.05) is 0 Å². The number of unbranched alkanes of at least 4 members (excludes halogenated alkanes) is 38. The molecule has 0 aromatic rings. The fraction of sp³-hybridized carbons (Fsp3) is 0.958. The number of aliphatic hydroxyl groups is 1. The summed E-state index contributed by atoms with van der Waals surface area (Å²) in [7, 11) is 0. The standard InChI is InChI=1S/C71H142N2O3/c1-8-14-20-26-35-45-55-68(56-46-36-27-21-15-9-2)64-69(74)57-47-37-33-43-53-63-73(61-51-41-31-25-19-13-6)66-70(75)65-72(60-50-40-30-24-18-12-5)62-52-42-32-34-44-54-67(7)76-71(58-48-38-28-22-16-10-3)59-49-39-29-23-17-11-4/h68,70-71,75H,7-66H2,1-6H3. The van der Waals surface area contributed by atoms with Crippen molar-refractivity contribution in [2.75, 3.05) is 39.3 Å². The van der Waals surface area contributed by atoms with Crippen LogP contribution < -0.4 is 0 Å². The highest BCUT2D eigenvalue weighted by atomic mass is 16.5. The number of carbonyl (C=O) groups excluding carboxylic acids is 1. The molecule has 0 aliphatic carbocycles. The van der Waals surface area contributed by atoms with Gasteiger partial charge in [0.25, 0.3) is 0 Å². The smallest absolute Gasteiger partial charge is 0.133 e. The second-order valence-corrected chi connectivity index (χ2v) is 24.9. The Morgan fingerprint density at radius 2 is 0.618 bits per heavy atom. The van der Waals surface area contributed by atoms with E-state index in [1.165, 1.54) is 315 Å². The van der Waals surface area contributed by atoms with E-state index in [0.29, 0.717) is 17.8 Å². The monoisotopic (exact) mass is 1070 g/mol. The number of Topliss-reactive ketones (excluding diaryl/α,β-unsaturated/α-hetero) is 1. The summed E-state index contributed by atoms with van der Waals surface area (Å²) in [4.78, 5) is 18.5. The molecule has 0 amide bonds. The molecule has 5 nitrogen and oxygen atoms in total. The SMILES string of the molecule is C=C(CCCCCCCN(CCCCCCCC)CC(O)CN(CCCCCCCC)CCCCCCCC(=O)CC(CCCCCCCC)CCCCCCCC)OC(CCCCCCCC)CCCCCCCC. The quantitative estimate of drug-likeness (QED) is 0.0486. The van der Waals surface area contributed by atoms with Crippen LogP contribution in [0.5, 0.6) is 0 Å². The lowest BCUT2D eigenvalue weighted by atomic mass is 9.89. The Labute approximate surface area is 479 Å². The van der Waals surface area contributed by atoms with Gasteiger partial charge >= 0.3 is 0 Å². The maximum absolute atomic E-state index is 13.3. The second-order valence-electron chi connectivity index (χ2n) is 24.9. The molecule has 0 fully saturated rings. The number of hydrogen-bond donors (Lipinski definition) is 1. The number of ketones is 1. The predicted molar refractivity (Wildman–Crippen MR) is 340 cm³/mol. The average molecular weight is 1070 g/mol. The third kappa shape index (κ3) is 55.0. The van der Waals surface area contributed by atoms with Crippen LogP contribution in [0.2, 0.25) is 0 Å². The van der Waals surface area contributed by atoms with Crippen LogP contribution >= 0.6 is 0 Å². The highest BCUT2D eigenvalue weighted by Crippen LogP contribution is 2.25. The average Bonchev–Trinajstić information content (AvgIpc) is 3.41. The summed E-state index contributed by atoms with van der Waals surface area (Å²) in [5, 5.41) is 11.7. The highest BCUT2D eigenvalue weighted by molar-refractivity contribution is 5.78. The van der Waals surface area contributed by atoms with Gasteiger partial charge in [0.2, 0.25) is 0 Å². The van der Waals surface area contributed by atoms with Gasteiger partial charge in [-0.2, -0.15) is 0 Å². The summed E-state index contributed by atoms with van der Waals surface area (Å²) in [5.41, 5.74) is 0. The normalized spacial score (nSPS) is 12.4. The molecule has 0 aromatic carbocycles. The van der Waals surface area contributed by atoms with Gasteiger partial charge < -0.3 is 19.6 Å². The highest BCUT2D eigenvalue weighted by Gasteiger charge is 2.18. The lowest BCUT2D eigenvalue weighted by Crippen LogP contribution is -2.41. The van der Waals surface area contributed by atoms with Gasteiger partial charge in [-0.05, 0) is 96.3 Å². The summed E-state index contributed by atoms with van der Waals surface area (Å²) in [6.07, 6.45) is 68.0. The molecular formula is C71H142N2O3. The Balaban J connectivity index is 5.08. The number of aliphatic hydroxyl groups excluding tert-OH is 1. The number of allylic oxidation sites excluding steroid dienone is 1. The summed E-state index contributed by atoms with van der Waals surface area (Å²) in [6, 6.07) is 0. The van der Waals surface area contributed by atoms with Crippen molar-refractivity contribution in [3.63, 3.8) is 0 Å². The maximum atomic E-state index is 13.3. The van der Waals surface area contributed by atoms with Crippen molar-refractivity contribution in [2.45, 2.75) is 394 Å². The van der Waals surface area contributed by atoms with Crippen molar-refractivity contribution in [1.29, 1.82) is 0 Å². The van der Waals surface area contributed by atoms with E-state index in [2.05, 4.69) is 57.9 Å². The predicted octanol–water partition coefficient (Wildman–Crippen LogP) is 22.8. The van der Waals surface area contributed by atoms with Crippen LogP contribution in [0.3, 0.4) is 0 Å². The lowest BCUT2D eigenvalue weighted by Gasteiger charge is -2.29. The molecule has 0 aliphatic rings. The van der Waals surface area contributed by atoms with Crippen LogP contribution in [0.4, 0.5) is 0 Å². The van der Waals surface area contributed by atoms with E-state index < -0.39 is 0 Å². The van der Waals surface area contributed by atoms with Crippen molar-refractivity contribution >= 4 is 5.78 Å². The number of rotatable bonds is 66. The maximum Gasteiger partial charge on any atom is 0.133 e. The Kier molecular flexibility index (Phi) is 61.0. The van der Waals surface area contributed by atoms with Crippen LogP contribution in [0.25, 0.3) is 0 Å². The molecule has 5 heteroatoms. The summed E-state index contributed by atoms with van der Waals surface area (Å²) >= 11 is 0. The third-order valence-corrected chi connectivity index (χ3v) is 17.0. The van der Waals surface area contributed by atoms with Crippen LogP contribution in [-0.4, -0.2) is 72.2 Å². The van der Waals surface area contributed by atoms with E-state index in [9.17, 15) is 9.90 Å². The molecule has 0 rings (SSSR count). The van der Waals surface area contributed by atoms with Gasteiger partial charge in [-0.15, -0.1) is 0 Å². The van der Waals surface area contributed by atoms with Gasteiger partial charge in [0.1, 0.15) is 5.78 Å². The topological polar surface area (TPSA) is 53.0 Å². The molecule has 0 bridgehead atoms. The van der Waals surface area contributed by atoms with Gasteiger partial charge in [0, 0.05) is 32.4 Å². The molecule has 454 valence electrons. The molecule has 0 aliphatic heterocycles. The first-order valence-corrected chi connectivity index (χ1v) is 35.3. The first-order chi connectivity index (χ1) is 37.3. The first-order valence-electron chi connectivity index (χ1n) is 35.3. The first kappa shape index (κ1) is 75.1. The minimum atomic E-state index is -0.297. The Morgan fingerprint density at radius 3 is 0.947 bits per heavy atom.